The van der Waals surface area contributed by atoms with Gasteiger partial charge in [-0.15, -0.1) is 0 Å². The number of anilines is 1. The van der Waals surface area contributed by atoms with Crippen molar-refractivity contribution in [2.24, 2.45) is 0 Å². The lowest BCUT2D eigenvalue weighted by Gasteiger charge is -2.11. The van der Waals surface area contributed by atoms with Crippen LogP contribution in [0.1, 0.15) is 5.56 Å². The number of amides is 1. The normalized spacial score (nSPS) is 10.3. The van der Waals surface area contributed by atoms with Crippen molar-refractivity contribution in [3.05, 3.63) is 71.1 Å². The minimum Gasteiger partial charge on any atom is -0.444 e. The van der Waals surface area contributed by atoms with Gasteiger partial charge in [-0.3, -0.25) is 5.32 Å². The zero-order chi connectivity index (χ0) is 17.6. The molecule has 1 amide bonds. The van der Waals surface area contributed by atoms with E-state index in [-0.39, 0.29) is 23.1 Å². The summed E-state index contributed by atoms with van der Waals surface area (Å²) in [6.45, 7) is 0.0725. The minimum absolute atomic E-state index is 0.0725. The van der Waals surface area contributed by atoms with E-state index in [1.54, 1.807) is 6.07 Å². The minimum atomic E-state index is -0.791. The molecule has 0 bridgehead atoms. The molecule has 0 aliphatic heterocycles. The highest BCUT2D eigenvalue weighted by molar-refractivity contribution is 6.32. The van der Waals surface area contributed by atoms with E-state index in [1.807, 2.05) is 30.3 Å². The van der Waals surface area contributed by atoms with Crippen molar-refractivity contribution in [1.29, 1.82) is 0 Å². The average molecular weight is 362 g/mol. The Bertz CT molecular complexity index is 857. The van der Waals surface area contributed by atoms with Crippen LogP contribution in [-0.4, -0.2) is 16.3 Å². The lowest BCUT2D eigenvalue weighted by molar-refractivity contribution is 0.155. The second-order valence-electron chi connectivity index (χ2n) is 4.97. The Morgan fingerprint density at radius 3 is 2.76 bits per heavy atom. The molecule has 0 radical (unpaired) electrons. The number of benzene rings is 2. The second kappa shape index (κ2) is 7.67. The van der Waals surface area contributed by atoms with Crippen LogP contribution in [0.2, 0.25) is 5.02 Å². The molecule has 0 aliphatic carbocycles. The lowest BCUT2D eigenvalue weighted by atomic mass is 10.2. The first-order valence-electron chi connectivity index (χ1n) is 7.26. The fourth-order valence-corrected chi connectivity index (χ4v) is 2.19. The molecule has 8 heteroatoms. The molecular formula is C17H13ClFN3O3. The summed E-state index contributed by atoms with van der Waals surface area (Å²) in [6.07, 6.45) is 0.694. The molecule has 0 fully saturated rings. The van der Waals surface area contributed by atoms with Gasteiger partial charge in [0, 0.05) is 12.1 Å². The van der Waals surface area contributed by atoms with Crippen LogP contribution in [0.4, 0.5) is 14.9 Å². The SMILES string of the molecule is O=C(Nc1cc(Cl)c(Oc2ccn[nH]2)cc1F)OCc1ccccc1. The Balaban J connectivity index is 1.64. The topological polar surface area (TPSA) is 76.2 Å². The Hall–Kier alpha value is -3.06. The first kappa shape index (κ1) is 16.8. The summed E-state index contributed by atoms with van der Waals surface area (Å²) >= 11 is 6.06. The van der Waals surface area contributed by atoms with Crippen molar-refractivity contribution in [3.63, 3.8) is 0 Å². The third-order valence-electron chi connectivity index (χ3n) is 3.17. The van der Waals surface area contributed by atoms with Crippen LogP contribution in [0.25, 0.3) is 0 Å². The van der Waals surface area contributed by atoms with Gasteiger partial charge in [0.2, 0.25) is 5.88 Å². The number of halogens is 2. The summed E-state index contributed by atoms with van der Waals surface area (Å²) in [4.78, 5) is 11.8. The van der Waals surface area contributed by atoms with E-state index in [1.165, 1.54) is 12.3 Å². The third kappa shape index (κ3) is 4.48. The number of aromatic nitrogens is 2. The van der Waals surface area contributed by atoms with Crippen LogP contribution < -0.4 is 10.1 Å². The molecule has 0 spiro atoms. The number of rotatable bonds is 5. The summed E-state index contributed by atoms with van der Waals surface area (Å²) < 4.78 is 24.5. The number of hydrogen-bond donors (Lipinski definition) is 2. The highest BCUT2D eigenvalue weighted by atomic mass is 35.5. The number of aromatic amines is 1. The van der Waals surface area contributed by atoms with Crippen molar-refractivity contribution in [3.8, 4) is 11.6 Å². The maximum Gasteiger partial charge on any atom is 0.412 e. The Morgan fingerprint density at radius 2 is 2.04 bits per heavy atom. The summed E-state index contributed by atoms with van der Waals surface area (Å²) in [7, 11) is 0. The van der Waals surface area contributed by atoms with Crippen molar-refractivity contribution >= 4 is 23.4 Å². The van der Waals surface area contributed by atoms with Crippen LogP contribution in [0, 0.1) is 5.82 Å². The standard InChI is InChI=1S/C17H13ClFN3O3/c18-12-8-14(13(19)9-15(12)25-16-6-7-20-22-16)21-17(23)24-10-11-4-2-1-3-5-11/h1-9H,10H2,(H,20,22)(H,21,23). The first-order valence-corrected chi connectivity index (χ1v) is 7.63. The first-order chi connectivity index (χ1) is 12.1. The summed E-state index contributed by atoms with van der Waals surface area (Å²) in [5.74, 6) is -0.313. The summed E-state index contributed by atoms with van der Waals surface area (Å²) in [6, 6.07) is 13.0. The number of nitrogens with zero attached hydrogens (tertiary/aromatic N) is 1. The molecule has 0 saturated carbocycles. The molecule has 25 heavy (non-hydrogen) atoms. The molecule has 0 aliphatic rings. The van der Waals surface area contributed by atoms with E-state index >= 15 is 0 Å². The molecule has 0 unspecified atom stereocenters. The predicted molar refractivity (Wildman–Crippen MR) is 90.3 cm³/mol. The molecule has 2 aromatic carbocycles. The molecule has 1 heterocycles. The van der Waals surface area contributed by atoms with Crippen LogP contribution in [0.15, 0.2) is 54.7 Å². The number of carbonyl (C=O) groups is 1. The maximum absolute atomic E-state index is 14.1. The lowest BCUT2D eigenvalue weighted by Crippen LogP contribution is -2.14. The van der Waals surface area contributed by atoms with Crippen molar-refractivity contribution < 1.29 is 18.7 Å². The largest absolute Gasteiger partial charge is 0.444 e. The van der Waals surface area contributed by atoms with Crippen LogP contribution >= 0.6 is 11.6 Å². The molecular weight excluding hydrogens is 349 g/mol. The van der Waals surface area contributed by atoms with Crippen molar-refractivity contribution in [2.75, 3.05) is 5.32 Å². The van der Waals surface area contributed by atoms with Crippen molar-refractivity contribution in [2.45, 2.75) is 6.61 Å². The smallest absolute Gasteiger partial charge is 0.412 e. The highest BCUT2D eigenvalue weighted by Crippen LogP contribution is 2.33. The summed E-state index contributed by atoms with van der Waals surface area (Å²) in [5, 5.41) is 8.71. The maximum atomic E-state index is 14.1. The molecule has 6 nitrogen and oxygen atoms in total. The van der Waals surface area contributed by atoms with E-state index in [0.717, 1.165) is 11.6 Å². The van der Waals surface area contributed by atoms with E-state index in [9.17, 15) is 9.18 Å². The van der Waals surface area contributed by atoms with Gasteiger partial charge in [0.25, 0.3) is 0 Å². The van der Waals surface area contributed by atoms with E-state index in [4.69, 9.17) is 21.1 Å². The number of nitrogens with one attached hydrogen (secondary N) is 2. The van der Waals surface area contributed by atoms with E-state index < -0.39 is 11.9 Å². The van der Waals surface area contributed by atoms with Gasteiger partial charge in [0.05, 0.1) is 16.9 Å². The van der Waals surface area contributed by atoms with Gasteiger partial charge >= 0.3 is 6.09 Å². The number of ether oxygens (including phenoxy) is 2. The predicted octanol–water partition coefficient (Wildman–Crippen LogP) is 4.74. The van der Waals surface area contributed by atoms with Gasteiger partial charge in [-0.1, -0.05) is 41.9 Å². The van der Waals surface area contributed by atoms with Gasteiger partial charge in [0.1, 0.15) is 6.61 Å². The molecule has 3 aromatic rings. The second-order valence-corrected chi connectivity index (χ2v) is 5.38. The van der Waals surface area contributed by atoms with Crippen LogP contribution in [-0.2, 0) is 11.3 Å². The molecule has 128 valence electrons. The third-order valence-corrected chi connectivity index (χ3v) is 3.46. The van der Waals surface area contributed by atoms with E-state index in [2.05, 4.69) is 15.5 Å². The molecule has 2 N–H and O–H groups in total. The van der Waals surface area contributed by atoms with Crippen LogP contribution in [0.5, 0.6) is 11.6 Å². The van der Waals surface area contributed by atoms with Gasteiger partial charge in [-0.05, 0) is 11.6 Å². The highest BCUT2D eigenvalue weighted by Gasteiger charge is 2.14. The van der Waals surface area contributed by atoms with E-state index in [0.29, 0.717) is 5.88 Å². The fraction of sp³-hybridized carbons (Fsp3) is 0.0588. The Kier molecular flexibility index (Phi) is 5.15. The Labute approximate surface area is 147 Å². The quantitative estimate of drug-likeness (QED) is 0.688. The molecule has 3 rings (SSSR count). The molecule has 0 atom stereocenters. The van der Waals surface area contributed by atoms with Crippen molar-refractivity contribution in [1.82, 2.24) is 10.2 Å². The molecule has 0 saturated heterocycles. The van der Waals surface area contributed by atoms with Gasteiger partial charge < -0.3 is 9.47 Å². The Morgan fingerprint density at radius 1 is 1.24 bits per heavy atom. The number of hydrogen-bond acceptors (Lipinski definition) is 4. The monoisotopic (exact) mass is 361 g/mol. The zero-order valence-corrected chi connectivity index (χ0v) is 13.6. The average Bonchev–Trinajstić information content (AvgIpc) is 3.11. The molecule has 1 aromatic heterocycles. The summed E-state index contributed by atoms with van der Waals surface area (Å²) in [5.41, 5.74) is 0.708. The zero-order valence-electron chi connectivity index (χ0n) is 12.8. The van der Waals surface area contributed by atoms with Gasteiger partial charge in [0.15, 0.2) is 11.6 Å². The number of carbonyl (C=O) groups excluding carboxylic acids is 1. The fourth-order valence-electron chi connectivity index (χ4n) is 1.99. The van der Waals surface area contributed by atoms with Crippen LogP contribution in [0.3, 0.4) is 0 Å². The number of H-pyrrole nitrogens is 1. The van der Waals surface area contributed by atoms with Gasteiger partial charge in [-0.25, -0.2) is 14.3 Å². The van der Waals surface area contributed by atoms with Gasteiger partial charge in [-0.2, -0.15) is 5.10 Å².